The number of halogens is 2. The van der Waals surface area contributed by atoms with E-state index >= 15 is 0 Å². The first-order chi connectivity index (χ1) is 11.5. The van der Waals surface area contributed by atoms with E-state index in [1.165, 1.54) is 0 Å². The minimum absolute atomic E-state index is 0.273. The minimum Gasteiger partial charge on any atom is -0.322 e. The van der Waals surface area contributed by atoms with Crippen LogP contribution in [0.15, 0.2) is 48.5 Å². The molecule has 1 N–H and O–H groups in total. The molecule has 24 heavy (non-hydrogen) atoms. The molecule has 6 heteroatoms. The van der Waals surface area contributed by atoms with Gasteiger partial charge in [0.05, 0.1) is 11.4 Å². The maximum atomic E-state index is 12.6. The molecule has 4 nitrogen and oxygen atoms in total. The highest BCUT2D eigenvalue weighted by atomic mass is 35.5. The van der Waals surface area contributed by atoms with Crippen molar-refractivity contribution in [2.45, 2.75) is 13.8 Å². The van der Waals surface area contributed by atoms with Crippen LogP contribution in [0, 0.1) is 13.8 Å². The van der Waals surface area contributed by atoms with Crippen molar-refractivity contribution in [3.63, 3.8) is 0 Å². The SMILES string of the molecule is Cc1ccc(NC(=O)c2c(C)nn(-c3ccccc3)c2Cl)cc1Cl. The lowest BCUT2D eigenvalue weighted by atomic mass is 10.2. The third kappa shape index (κ3) is 3.16. The first kappa shape index (κ1) is 16.6. The monoisotopic (exact) mass is 359 g/mol. The second kappa shape index (κ2) is 6.67. The highest BCUT2D eigenvalue weighted by Gasteiger charge is 2.21. The molecule has 1 aromatic heterocycles. The van der Waals surface area contributed by atoms with E-state index in [2.05, 4.69) is 10.4 Å². The van der Waals surface area contributed by atoms with Crippen molar-refractivity contribution in [1.82, 2.24) is 9.78 Å². The van der Waals surface area contributed by atoms with Crippen LogP contribution in [-0.2, 0) is 0 Å². The summed E-state index contributed by atoms with van der Waals surface area (Å²) in [6.07, 6.45) is 0. The lowest BCUT2D eigenvalue weighted by molar-refractivity contribution is 0.102. The second-order valence-electron chi connectivity index (χ2n) is 5.42. The molecule has 0 radical (unpaired) electrons. The van der Waals surface area contributed by atoms with Crippen LogP contribution < -0.4 is 5.32 Å². The molecule has 0 fully saturated rings. The standard InChI is InChI=1S/C18H15Cl2N3O/c1-11-8-9-13(10-15(11)19)21-18(24)16-12(2)22-23(17(16)20)14-6-4-3-5-7-14/h3-10H,1-2H3,(H,21,24). The molecule has 1 amide bonds. The number of nitrogens with one attached hydrogen (secondary N) is 1. The highest BCUT2D eigenvalue weighted by Crippen LogP contribution is 2.25. The maximum absolute atomic E-state index is 12.6. The third-order valence-corrected chi connectivity index (χ3v) is 4.42. The summed E-state index contributed by atoms with van der Waals surface area (Å²) in [7, 11) is 0. The number of amides is 1. The predicted molar refractivity (Wildman–Crippen MR) is 97.5 cm³/mol. The van der Waals surface area contributed by atoms with Crippen molar-refractivity contribution in [3.8, 4) is 5.69 Å². The summed E-state index contributed by atoms with van der Waals surface area (Å²) in [4.78, 5) is 12.6. The molecule has 2 aromatic carbocycles. The number of hydrogen-bond acceptors (Lipinski definition) is 2. The van der Waals surface area contributed by atoms with Gasteiger partial charge in [-0.15, -0.1) is 0 Å². The molecule has 0 atom stereocenters. The summed E-state index contributed by atoms with van der Waals surface area (Å²) in [5.74, 6) is -0.320. The number of carbonyl (C=O) groups is 1. The van der Waals surface area contributed by atoms with Crippen LogP contribution >= 0.6 is 23.2 Å². The van der Waals surface area contributed by atoms with E-state index in [9.17, 15) is 4.79 Å². The zero-order valence-corrected chi connectivity index (χ0v) is 14.7. The Morgan fingerprint density at radius 3 is 2.46 bits per heavy atom. The predicted octanol–water partition coefficient (Wildman–Crippen LogP) is 5.05. The lowest BCUT2D eigenvalue weighted by Gasteiger charge is -2.07. The van der Waals surface area contributed by atoms with Gasteiger partial charge in [-0.1, -0.05) is 47.5 Å². The number of hydrogen-bond donors (Lipinski definition) is 1. The summed E-state index contributed by atoms with van der Waals surface area (Å²) in [6.45, 7) is 3.65. The van der Waals surface area contributed by atoms with E-state index in [4.69, 9.17) is 23.2 Å². The van der Waals surface area contributed by atoms with Crippen LogP contribution in [0.1, 0.15) is 21.6 Å². The first-order valence-corrected chi connectivity index (χ1v) is 8.11. The number of para-hydroxylation sites is 1. The van der Waals surface area contributed by atoms with Gasteiger partial charge in [0.2, 0.25) is 0 Å². The van der Waals surface area contributed by atoms with Gasteiger partial charge in [-0.05, 0) is 43.7 Å². The number of nitrogens with zero attached hydrogens (tertiary/aromatic N) is 2. The van der Waals surface area contributed by atoms with Crippen molar-refractivity contribution in [3.05, 3.63) is 75.5 Å². The zero-order valence-electron chi connectivity index (χ0n) is 13.2. The fourth-order valence-electron chi connectivity index (χ4n) is 2.36. The van der Waals surface area contributed by atoms with Crippen molar-refractivity contribution >= 4 is 34.8 Å². The van der Waals surface area contributed by atoms with Crippen LogP contribution in [0.2, 0.25) is 10.2 Å². The molecule has 3 aromatic rings. The van der Waals surface area contributed by atoms with E-state index in [0.29, 0.717) is 22.0 Å². The van der Waals surface area contributed by atoms with Crippen LogP contribution in [0.4, 0.5) is 5.69 Å². The Labute approximate surface area is 150 Å². The fraction of sp³-hybridized carbons (Fsp3) is 0.111. The molecular weight excluding hydrogens is 345 g/mol. The quantitative estimate of drug-likeness (QED) is 0.711. The van der Waals surface area contributed by atoms with Gasteiger partial charge in [0.15, 0.2) is 0 Å². The Kier molecular flexibility index (Phi) is 4.60. The summed E-state index contributed by atoms with van der Waals surface area (Å²) in [5.41, 5.74) is 3.25. The normalized spacial score (nSPS) is 10.7. The van der Waals surface area contributed by atoms with Gasteiger partial charge >= 0.3 is 0 Å². The Bertz CT molecular complexity index is 904. The van der Waals surface area contributed by atoms with E-state index < -0.39 is 0 Å². The van der Waals surface area contributed by atoms with Gasteiger partial charge in [-0.2, -0.15) is 5.10 Å². The van der Waals surface area contributed by atoms with Gasteiger partial charge in [0, 0.05) is 10.7 Å². The van der Waals surface area contributed by atoms with Gasteiger partial charge < -0.3 is 5.32 Å². The Balaban J connectivity index is 1.93. The summed E-state index contributed by atoms with van der Waals surface area (Å²) in [5, 5.41) is 8.05. The van der Waals surface area contributed by atoms with Crippen LogP contribution in [0.3, 0.4) is 0 Å². The largest absolute Gasteiger partial charge is 0.322 e. The molecule has 0 aliphatic heterocycles. The van der Waals surface area contributed by atoms with Crippen LogP contribution in [0.25, 0.3) is 5.69 Å². The second-order valence-corrected chi connectivity index (χ2v) is 6.18. The summed E-state index contributed by atoms with van der Waals surface area (Å²) in [6, 6.07) is 14.8. The van der Waals surface area contributed by atoms with Gasteiger partial charge in [-0.25, -0.2) is 4.68 Å². The molecule has 0 aliphatic carbocycles. The minimum atomic E-state index is -0.320. The van der Waals surface area contributed by atoms with Crippen molar-refractivity contribution in [2.24, 2.45) is 0 Å². The molecular formula is C18H15Cl2N3O. The average Bonchev–Trinajstić information content (AvgIpc) is 2.86. The molecule has 3 rings (SSSR count). The average molecular weight is 360 g/mol. The molecule has 0 aliphatic rings. The van der Waals surface area contributed by atoms with Crippen molar-refractivity contribution in [2.75, 3.05) is 5.32 Å². The van der Waals surface area contributed by atoms with E-state index in [0.717, 1.165) is 11.3 Å². The van der Waals surface area contributed by atoms with E-state index in [-0.39, 0.29) is 11.1 Å². The Morgan fingerprint density at radius 1 is 1.08 bits per heavy atom. The number of aromatic nitrogens is 2. The molecule has 0 saturated carbocycles. The number of benzene rings is 2. The zero-order chi connectivity index (χ0) is 17.3. The fourth-order valence-corrected chi connectivity index (χ4v) is 2.90. The Morgan fingerprint density at radius 2 is 1.79 bits per heavy atom. The van der Waals surface area contributed by atoms with E-state index in [1.807, 2.05) is 43.3 Å². The van der Waals surface area contributed by atoms with Gasteiger partial charge in [0.25, 0.3) is 5.91 Å². The van der Waals surface area contributed by atoms with Gasteiger partial charge in [-0.3, -0.25) is 4.79 Å². The topological polar surface area (TPSA) is 46.9 Å². The van der Waals surface area contributed by atoms with Gasteiger partial charge in [0.1, 0.15) is 10.7 Å². The Hall–Kier alpha value is -2.30. The molecule has 0 unspecified atom stereocenters. The molecule has 0 spiro atoms. The lowest BCUT2D eigenvalue weighted by Crippen LogP contribution is -2.13. The number of rotatable bonds is 3. The molecule has 1 heterocycles. The smallest absolute Gasteiger partial charge is 0.260 e. The molecule has 0 saturated heterocycles. The molecule has 0 bridgehead atoms. The van der Waals surface area contributed by atoms with Crippen molar-refractivity contribution in [1.29, 1.82) is 0 Å². The number of aryl methyl sites for hydroxylation is 2. The summed E-state index contributed by atoms with van der Waals surface area (Å²) >= 11 is 12.5. The van der Waals surface area contributed by atoms with E-state index in [1.54, 1.807) is 23.7 Å². The number of anilines is 1. The maximum Gasteiger partial charge on any atom is 0.260 e. The highest BCUT2D eigenvalue weighted by molar-refractivity contribution is 6.34. The third-order valence-electron chi connectivity index (χ3n) is 3.66. The van der Waals surface area contributed by atoms with Crippen LogP contribution in [0.5, 0.6) is 0 Å². The van der Waals surface area contributed by atoms with Crippen molar-refractivity contribution < 1.29 is 4.79 Å². The summed E-state index contributed by atoms with van der Waals surface area (Å²) < 4.78 is 1.55. The van der Waals surface area contributed by atoms with Crippen LogP contribution in [-0.4, -0.2) is 15.7 Å². The number of carbonyl (C=O) groups excluding carboxylic acids is 1. The molecule has 122 valence electrons. The first-order valence-electron chi connectivity index (χ1n) is 7.35.